The van der Waals surface area contributed by atoms with Crippen molar-refractivity contribution in [2.75, 3.05) is 7.11 Å². The van der Waals surface area contributed by atoms with E-state index in [0.29, 0.717) is 6.42 Å². The molecule has 1 amide bonds. The lowest BCUT2D eigenvalue weighted by Crippen LogP contribution is -2.36. The number of unbranched alkanes of at least 4 members (excludes halogenated alkanes) is 8. The van der Waals surface area contributed by atoms with Crippen molar-refractivity contribution in [3.63, 3.8) is 0 Å². The van der Waals surface area contributed by atoms with E-state index < -0.39 is 23.7 Å². The Labute approximate surface area is 179 Å². The minimum Gasteiger partial charge on any atom is -0.469 e. The van der Waals surface area contributed by atoms with E-state index >= 15 is 0 Å². The van der Waals surface area contributed by atoms with Gasteiger partial charge in [0.15, 0.2) is 0 Å². The molecule has 0 aliphatic rings. The molecule has 0 saturated heterocycles. The van der Waals surface area contributed by atoms with Crippen molar-refractivity contribution in [3.8, 4) is 0 Å². The summed E-state index contributed by atoms with van der Waals surface area (Å²) in [5, 5.41) is 2.99. The number of halogens is 2. The van der Waals surface area contributed by atoms with Gasteiger partial charge in [0.05, 0.1) is 19.1 Å². The number of ether oxygens (including phenoxy) is 1. The van der Waals surface area contributed by atoms with E-state index in [4.69, 9.17) is 16.3 Å². The van der Waals surface area contributed by atoms with Gasteiger partial charge >= 0.3 is 5.97 Å². The first-order valence-corrected chi connectivity index (χ1v) is 11.1. The van der Waals surface area contributed by atoms with Gasteiger partial charge in [-0.3, -0.25) is 9.59 Å². The lowest BCUT2D eigenvalue weighted by Gasteiger charge is -2.27. The fraction of sp³-hybridized carbons (Fsp3) is 0.652. The molecule has 0 aliphatic carbocycles. The Hall–Kier alpha value is -1.62. The molecule has 6 heteroatoms. The van der Waals surface area contributed by atoms with Crippen LogP contribution in [0.3, 0.4) is 0 Å². The molecule has 164 valence electrons. The van der Waals surface area contributed by atoms with Crippen molar-refractivity contribution in [2.45, 2.75) is 84.1 Å². The van der Waals surface area contributed by atoms with Crippen molar-refractivity contribution in [1.82, 2.24) is 5.32 Å². The first kappa shape index (κ1) is 25.4. The van der Waals surface area contributed by atoms with Gasteiger partial charge in [-0.2, -0.15) is 0 Å². The van der Waals surface area contributed by atoms with E-state index in [0.717, 1.165) is 19.3 Å². The zero-order chi connectivity index (χ0) is 21.6. The standard InChI is InChI=1S/C23H35ClFNO3/c1-4-5-6-7-8-9-10-11-12-13-20(23(28)29-3)22(26-17(2)27)19-15-14-18(24)16-21(19)25/h14-16,20,22H,4-13H2,1-3H3,(H,26,27)/t20-,22-/m1/s1. The summed E-state index contributed by atoms with van der Waals surface area (Å²) in [4.78, 5) is 24.2. The smallest absolute Gasteiger partial charge is 0.311 e. The molecule has 1 rings (SSSR count). The van der Waals surface area contributed by atoms with E-state index in [1.165, 1.54) is 64.7 Å². The Balaban J connectivity index is 2.71. The Morgan fingerprint density at radius 1 is 1.07 bits per heavy atom. The van der Waals surface area contributed by atoms with Crippen LogP contribution in [0.4, 0.5) is 4.39 Å². The van der Waals surface area contributed by atoms with Crippen LogP contribution in [0, 0.1) is 11.7 Å². The molecule has 0 unspecified atom stereocenters. The SMILES string of the molecule is CCCCCCCCCCC[C@@H](C(=O)OC)[C@H](NC(C)=O)c1ccc(Cl)cc1F. The molecule has 0 bridgehead atoms. The number of nitrogens with one attached hydrogen (secondary N) is 1. The molecule has 0 aromatic heterocycles. The summed E-state index contributed by atoms with van der Waals surface area (Å²) >= 11 is 5.85. The highest BCUT2D eigenvalue weighted by Crippen LogP contribution is 2.31. The molecule has 0 fully saturated rings. The van der Waals surface area contributed by atoms with Crippen molar-refractivity contribution in [3.05, 3.63) is 34.6 Å². The second-order valence-electron chi connectivity index (χ2n) is 7.59. The van der Waals surface area contributed by atoms with Gasteiger partial charge in [-0.05, 0) is 18.6 Å². The van der Waals surface area contributed by atoms with Crippen LogP contribution >= 0.6 is 11.6 Å². The molecule has 1 aromatic rings. The van der Waals surface area contributed by atoms with Gasteiger partial charge in [-0.25, -0.2) is 4.39 Å². The van der Waals surface area contributed by atoms with Gasteiger partial charge in [0, 0.05) is 17.5 Å². The molecular formula is C23H35ClFNO3. The molecule has 1 aromatic carbocycles. The highest BCUT2D eigenvalue weighted by atomic mass is 35.5. The number of amides is 1. The molecule has 0 radical (unpaired) electrons. The number of benzene rings is 1. The summed E-state index contributed by atoms with van der Waals surface area (Å²) in [5.41, 5.74) is 0.246. The Bertz CT molecular complexity index is 639. The van der Waals surface area contributed by atoms with Crippen LogP contribution in [0.15, 0.2) is 18.2 Å². The van der Waals surface area contributed by atoms with Crippen LogP contribution < -0.4 is 5.32 Å². The van der Waals surface area contributed by atoms with Crippen LogP contribution in [-0.4, -0.2) is 19.0 Å². The minimum atomic E-state index is -0.786. The van der Waals surface area contributed by atoms with E-state index in [1.807, 2.05) is 0 Å². The lowest BCUT2D eigenvalue weighted by molar-refractivity contribution is -0.147. The van der Waals surface area contributed by atoms with Gasteiger partial charge in [0.25, 0.3) is 0 Å². The third kappa shape index (κ3) is 9.62. The van der Waals surface area contributed by atoms with Crippen LogP contribution in [-0.2, 0) is 14.3 Å². The van der Waals surface area contributed by atoms with Crippen LogP contribution in [0.2, 0.25) is 5.02 Å². The fourth-order valence-corrected chi connectivity index (χ4v) is 3.77. The maximum Gasteiger partial charge on any atom is 0.311 e. The van der Waals surface area contributed by atoms with Crippen LogP contribution in [0.1, 0.15) is 89.7 Å². The second-order valence-corrected chi connectivity index (χ2v) is 8.03. The summed E-state index contributed by atoms with van der Waals surface area (Å²) < 4.78 is 19.5. The minimum absolute atomic E-state index is 0.246. The quantitative estimate of drug-likeness (QED) is 0.277. The first-order chi connectivity index (χ1) is 13.9. The molecule has 4 nitrogen and oxygen atoms in total. The molecule has 0 saturated carbocycles. The Kier molecular flexibility index (Phi) is 12.6. The third-order valence-corrected chi connectivity index (χ3v) is 5.42. The van der Waals surface area contributed by atoms with Gasteiger partial charge < -0.3 is 10.1 Å². The van der Waals surface area contributed by atoms with Gasteiger partial charge in [0.2, 0.25) is 5.91 Å². The number of hydrogen-bond donors (Lipinski definition) is 1. The average Bonchev–Trinajstić information content (AvgIpc) is 2.67. The predicted octanol–water partition coefficient (Wildman–Crippen LogP) is 6.37. The lowest BCUT2D eigenvalue weighted by atomic mass is 9.88. The Morgan fingerprint density at radius 2 is 1.66 bits per heavy atom. The highest BCUT2D eigenvalue weighted by Gasteiger charge is 2.32. The topological polar surface area (TPSA) is 55.4 Å². The van der Waals surface area contributed by atoms with E-state index in [1.54, 1.807) is 6.07 Å². The molecule has 2 atom stereocenters. The zero-order valence-electron chi connectivity index (χ0n) is 17.9. The number of esters is 1. The van der Waals surface area contributed by atoms with Gasteiger partial charge in [-0.15, -0.1) is 0 Å². The zero-order valence-corrected chi connectivity index (χ0v) is 18.7. The summed E-state index contributed by atoms with van der Waals surface area (Å²) in [6.45, 7) is 3.57. The average molecular weight is 428 g/mol. The third-order valence-electron chi connectivity index (χ3n) is 5.18. The maximum absolute atomic E-state index is 14.5. The molecule has 0 heterocycles. The molecule has 29 heavy (non-hydrogen) atoms. The normalized spacial score (nSPS) is 13.0. The van der Waals surface area contributed by atoms with Crippen LogP contribution in [0.5, 0.6) is 0 Å². The molecule has 0 spiro atoms. The summed E-state index contributed by atoms with van der Waals surface area (Å²) in [6.07, 6.45) is 11.0. The van der Waals surface area contributed by atoms with E-state index in [2.05, 4.69) is 12.2 Å². The Morgan fingerprint density at radius 3 is 2.17 bits per heavy atom. The number of rotatable bonds is 14. The number of methoxy groups -OCH3 is 1. The van der Waals surface area contributed by atoms with Crippen molar-refractivity contribution >= 4 is 23.5 Å². The fourth-order valence-electron chi connectivity index (χ4n) is 3.61. The second kappa shape index (κ2) is 14.4. The van der Waals surface area contributed by atoms with Gasteiger partial charge in [-0.1, -0.05) is 82.4 Å². The predicted molar refractivity (Wildman–Crippen MR) is 115 cm³/mol. The summed E-state index contributed by atoms with van der Waals surface area (Å²) in [7, 11) is 1.31. The first-order valence-electron chi connectivity index (χ1n) is 10.7. The largest absolute Gasteiger partial charge is 0.469 e. The molecular weight excluding hydrogens is 393 g/mol. The monoisotopic (exact) mass is 427 g/mol. The van der Waals surface area contributed by atoms with E-state index in [9.17, 15) is 14.0 Å². The van der Waals surface area contributed by atoms with Crippen molar-refractivity contribution in [1.29, 1.82) is 0 Å². The number of carbonyl (C=O) groups is 2. The maximum atomic E-state index is 14.5. The van der Waals surface area contributed by atoms with E-state index in [-0.39, 0.29) is 16.5 Å². The number of carbonyl (C=O) groups excluding carboxylic acids is 2. The summed E-state index contributed by atoms with van der Waals surface area (Å²) in [5.74, 6) is -1.97. The highest BCUT2D eigenvalue weighted by molar-refractivity contribution is 6.30. The van der Waals surface area contributed by atoms with Crippen molar-refractivity contribution in [2.24, 2.45) is 5.92 Å². The number of hydrogen-bond acceptors (Lipinski definition) is 3. The molecule has 1 N–H and O–H groups in total. The van der Waals surface area contributed by atoms with Gasteiger partial charge in [0.1, 0.15) is 5.82 Å². The molecule has 0 aliphatic heterocycles. The van der Waals surface area contributed by atoms with Crippen molar-refractivity contribution < 1.29 is 18.7 Å². The van der Waals surface area contributed by atoms with Crippen LogP contribution in [0.25, 0.3) is 0 Å². The summed E-state index contributed by atoms with van der Waals surface area (Å²) in [6, 6.07) is 3.48.